The number of carbonyl (C=O) groups is 1. The lowest BCUT2D eigenvalue weighted by Gasteiger charge is -2.29. The molecule has 9 heteroatoms. The number of fused-ring (bicyclic) bond motifs is 1. The van der Waals surface area contributed by atoms with Crippen LogP contribution in [0.4, 0.5) is 11.6 Å². The van der Waals surface area contributed by atoms with Gasteiger partial charge in [-0.3, -0.25) is 4.79 Å². The molecule has 0 spiro atoms. The molecule has 3 N–H and O–H groups in total. The minimum atomic E-state index is -0.546. The van der Waals surface area contributed by atoms with E-state index >= 15 is 0 Å². The molecule has 0 saturated heterocycles. The van der Waals surface area contributed by atoms with E-state index < -0.39 is 6.04 Å². The Balaban J connectivity index is 1.48. The largest absolute Gasteiger partial charge is 0.497 e. The number of anilines is 2. The third-order valence-electron chi connectivity index (χ3n) is 6.47. The smallest absolute Gasteiger partial charge is 0.255 e. The van der Waals surface area contributed by atoms with Gasteiger partial charge in [-0.1, -0.05) is 42.5 Å². The fourth-order valence-corrected chi connectivity index (χ4v) is 4.53. The average Bonchev–Trinajstić information content (AvgIpc) is 3.37. The average molecular weight is 526 g/mol. The maximum absolute atomic E-state index is 13.7. The minimum absolute atomic E-state index is 0.0499. The van der Waals surface area contributed by atoms with Crippen LogP contribution in [0.5, 0.6) is 11.5 Å². The Kier molecular flexibility index (Phi) is 7.88. The Labute approximate surface area is 227 Å². The zero-order chi connectivity index (χ0) is 27.2. The number of hydrogen-bond acceptors (Lipinski definition) is 7. The second-order valence-corrected chi connectivity index (χ2v) is 9.22. The maximum Gasteiger partial charge on any atom is 0.255 e. The fraction of sp³-hybridized carbons (Fsp3) is 0.233. The SMILES string of the molecule is COc1ccc(NC(=O)C2=C(C)Nc3nc(CCCO)nn3C2c2cccc(OCc3ccccc3)c2)cc1. The second-order valence-electron chi connectivity index (χ2n) is 9.22. The number of aliphatic hydroxyl groups is 1. The van der Waals surface area contributed by atoms with Crippen molar-refractivity contribution in [3.8, 4) is 11.5 Å². The molecule has 3 aromatic carbocycles. The third-order valence-corrected chi connectivity index (χ3v) is 6.47. The standard InChI is InChI=1S/C30H31N5O4/c1-20-27(29(37)32-23-13-15-24(38-2)16-14-23)28(35-30(31-20)33-26(34-35)12-7-17-36)22-10-6-11-25(18-22)39-19-21-8-4-3-5-9-21/h3-6,8-11,13-16,18,28,36H,7,12,17,19H2,1-2H3,(H,32,37)(H,31,33,34). The summed E-state index contributed by atoms with van der Waals surface area (Å²) in [5.74, 6) is 2.27. The molecule has 1 aromatic heterocycles. The Hall–Kier alpha value is -4.63. The van der Waals surface area contributed by atoms with Crippen molar-refractivity contribution >= 4 is 17.5 Å². The first-order valence-corrected chi connectivity index (χ1v) is 12.8. The van der Waals surface area contributed by atoms with Crippen LogP contribution >= 0.6 is 0 Å². The van der Waals surface area contributed by atoms with E-state index in [0.29, 0.717) is 59.7 Å². The topological polar surface area (TPSA) is 111 Å². The van der Waals surface area contributed by atoms with Crippen molar-refractivity contribution in [2.45, 2.75) is 32.4 Å². The van der Waals surface area contributed by atoms with Crippen molar-refractivity contribution < 1.29 is 19.4 Å². The van der Waals surface area contributed by atoms with E-state index in [0.717, 1.165) is 11.1 Å². The number of methoxy groups -OCH3 is 1. The third kappa shape index (κ3) is 5.94. The van der Waals surface area contributed by atoms with E-state index in [4.69, 9.17) is 14.6 Å². The van der Waals surface area contributed by atoms with Gasteiger partial charge in [0, 0.05) is 24.4 Å². The second kappa shape index (κ2) is 11.8. The number of aliphatic hydroxyl groups excluding tert-OH is 1. The number of rotatable bonds is 10. The van der Waals surface area contributed by atoms with Crippen LogP contribution in [0.3, 0.4) is 0 Å². The summed E-state index contributed by atoms with van der Waals surface area (Å²) < 4.78 is 13.1. The lowest BCUT2D eigenvalue weighted by molar-refractivity contribution is -0.113. The van der Waals surface area contributed by atoms with Crippen LogP contribution in [-0.2, 0) is 17.8 Å². The predicted octanol–water partition coefficient (Wildman–Crippen LogP) is 4.72. The molecule has 200 valence electrons. The zero-order valence-electron chi connectivity index (χ0n) is 21.9. The summed E-state index contributed by atoms with van der Waals surface area (Å²) in [6.45, 7) is 2.33. The van der Waals surface area contributed by atoms with Crippen LogP contribution in [-0.4, -0.2) is 39.5 Å². The van der Waals surface area contributed by atoms with Gasteiger partial charge < -0.3 is 25.2 Å². The molecule has 9 nitrogen and oxygen atoms in total. The number of nitrogens with zero attached hydrogens (tertiary/aromatic N) is 3. The van der Waals surface area contributed by atoms with Gasteiger partial charge in [0.1, 0.15) is 24.1 Å². The van der Waals surface area contributed by atoms with Crippen molar-refractivity contribution in [1.82, 2.24) is 14.8 Å². The predicted molar refractivity (Wildman–Crippen MR) is 149 cm³/mol. The normalized spacial score (nSPS) is 14.4. The summed E-state index contributed by atoms with van der Waals surface area (Å²) in [5, 5.41) is 20.3. The molecule has 2 heterocycles. The highest BCUT2D eigenvalue weighted by Crippen LogP contribution is 2.37. The molecule has 1 atom stereocenters. The van der Waals surface area contributed by atoms with Crippen LogP contribution < -0.4 is 20.1 Å². The Morgan fingerprint density at radius 2 is 1.85 bits per heavy atom. The van der Waals surface area contributed by atoms with Gasteiger partial charge in [0.15, 0.2) is 5.82 Å². The maximum atomic E-state index is 13.7. The summed E-state index contributed by atoms with van der Waals surface area (Å²) in [7, 11) is 1.60. The van der Waals surface area contributed by atoms with Gasteiger partial charge in [-0.2, -0.15) is 10.1 Å². The van der Waals surface area contributed by atoms with Gasteiger partial charge in [-0.25, -0.2) is 4.68 Å². The van der Waals surface area contributed by atoms with Crippen molar-refractivity contribution in [1.29, 1.82) is 0 Å². The van der Waals surface area contributed by atoms with E-state index in [1.54, 1.807) is 36.1 Å². The monoisotopic (exact) mass is 525 g/mol. The molecular formula is C30H31N5O4. The number of aryl methyl sites for hydroxylation is 1. The summed E-state index contributed by atoms with van der Waals surface area (Å²) >= 11 is 0. The lowest BCUT2D eigenvalue weighted by atomic mass is 9.95. The van der Waals surface area contributed by atoms with Gasteiger partial charge in [-0.05, 0) is 60.9 Å². The first kappa shape index (κ1) is 26.0. The molecular weight excluding hydrogens is 494 g/mol. The molecule has 0 bridgehead atoms. The molecule has 0 saturated carbocycles. The van der Waals surface area contributed by atoms with E-state index in [-0.39, 0.29) is 12.5 Å². The summed E-state index contributed by atoms with van der Waals surface area (Å²) in [6, 6.07) is 24.3. The van der Waals surface area contributed by atoms with Gasteiger partial charge in [-0.15, -0.1) is 0 Å². The Morgan fingerprint density at radius 3 is 2.59 bits per heavy atom. The minimum Gasteiger partial charge on any atom is -0.497 e. The van der Waals surface area contributed by atoms with Gasteiger partial charge >= 0.3 is 0 Å². The summed E-state index contributed by atoms with van der Waals surface area (Å²) in [6.07, 6.45) is 1.08. The Morgan fingerprint density at radius 1 is 1.05 bits per heavy atom. The molecule has 1 amide bonds. The van der Waals surface area contributed by atoms with Crippen LogP contribution in [0, 0.1) is 0 Å². The number of amides is 1. The first-order valence-electron chi connectivity index (χ1n) is 12.8. The highest BCUT2D eigenvalue weighted by Gasteiger charge is 2.34. The molecule has 1 unspecified atom stereocenters. The van der Waals surface area contributed by atoms with Gasteiger partial charge in [0.05, 0.1) is 12.7 Å². The van der Waals surface area contributed by atoms with Crippen LogP contribution in [0.2, 0.25) is 0 Å². The van der Waals surface area contributed by atoms with Crippen molar-refractivity contribution in [3.63, 3.8) is 0 Å². The number of allylic oxidation sites excluding steroid dienone is 1. The molecule has 0 aliphatic carbocycles. The quantitative estimate of drug-likeness (QED) is 0.275. The summed E-state index contributed by atoms with van der Waals surface area (Å²) in [5.41, 5.74) is 3.73. The number of nitrogens with one attached hydrogen (secondary N) is 2. The molecule has 0 fully saturated rings. The lowest BCUT2D eigenvalue weighted by Crippen LogP contribution is -2.31. The zero-order valence-corrected chi connectivity index (χ0v) is 21.9. The van der Waals surface area contributed by atoms with Gasteiger partial charge in [0.25, 0.3) is 5.91 Å². The number of ether oxygens (including phenoxy) is 2. The Bertz CT molecular complexity index is 1460. The van der Waals surface area contributed by atoms with Crippen LogP contribution in [0.25, 0.3) is 0 Å². The van der Waals surface area contributed by atoms with Crippen molar-refractivity contribution in [2.75, 3.05) is 24.4 Å². The fourth-order valence-electron chi connectivity index (χ4n) is 4.53. The van der Waals surface area contributed by atoms with Crippen molar-refractivity contribution in [3.05, 3.63) is 107 Å². The van der Waals surface area contributed by atoms with Gasteiger partial charge in [0.2, 0.25) is 5.95 Å². The molecule has 1 aliphatic rings. The molecule has 39 heavy (non-hydrogen) atoms. The molecule has 1 aliphatic heterocycles. The molecule has 5 rings (SSSR count). The van der Waals surface area contributed by atoms with Crippen LogP contribution in [0.15, 0.2) is 90.1 Å². The first-order chi connectivity index (χ1) is 19.1. The highest BCUT2D eigenvalue weighted by molar-refractivity contribution is 6.06. The number of benzene rings is 3. The van der Waals surface area contributed by atoms with E-state index in [9.17, 15) is 9.90 Å². The number of hydrogen-bond donors (Lipinski definition) is 3. The van der Waals surface area contributed by atoms with E-state index in [1.165, 1.54) is 0 Å². The van der Waals surface area contributed by atoms with Crippen LogP contribution in [0.1, 0.15) is 36.3 Å². The van der Waals surface area contributed by atoms with E-state index in [2.05, 4.69) is 15.6 Å². The number of carbonyl (C=O) groups excluding carboxylic acids is 1. The summed E-state index contributed by atoms with van der Waals surface area (Å²) in [4.78, 5) is 18.4. The van der Waals surface area contributed by atoms with Crippen molar-refractivity contribution in [2.24, 2.45) is 0 Å². The number of aromatic nitrogens is 3. The molecule has 0 radical (unpaired) electrons. The van der Waals surface area contributed by atoms with E-state index in [1.807, 2.05) is 61.5 Å². The molecule has 4 aromatic rings. The highest BCUT2D eigenvalue weighted by atomic mass is 16.5.